The lowest BCUT2D eigenvalue weighted by Gasteiger charge is -2.15. The Hall–Kier alpha value is -0.720. The number of amides is 1. The largest absolute Gasteiger partial charge is 0.301 e. The van der Waals surface area contributed by atoms with E-state index in [0.29, 0.717) is 11.6 Å². The van der Waals surface area contributed by atoms with Crippen molar-refractivity contribution in [2.45, 2.75) is 9.60 Å². The molecular weight excluding hydrogens is 282 g/mol. The van der Waals surface area contributed by atoms with E-state index in [4.69, 9.17) is 11.6 Å². The Kier molecular flexibility index (Phi) is 3.38. The van der Waals surface area contributed by atoms with Crippen molar-refractivity contribution in [1.29, 1.82) is 0 Å². The molecule has 7 heteroatoms. The highest BCUT2D eigenvalue weighted by atomic mass is 35.5. The maximum Gasteiger partial charge on any atom is 0.256 e. The van der Waals surface area contributed by atoms with E-state index in [2.05, 4.69) is 0 Å². The van der Waals surface area contributed by atoms with Crippen LogP contribution in [0.5, 0.6) is 0 Å². The first-order chi connectivity index (χ1) is 7.89. The van der Waals surface area contributed by atoms with Crippen molar-refractivity contribution < 1.29 is 13.2 Å². The van der Waals surface area contributed by atoms with E-state index in [-0.39, 0.29) is 10.8 Å². The minimum atomic E-state index is -3.26. The van der Waals surface area contributed by atoms with Crippen LogP contribution in [0.3, 0.4) is 0 Å². The molecule has 1 aromatic rings. The summed E-state index contributed by atoms with van der Waals surface area (Å²) in [5.74, 6) is 0.238. The molecule has 92 valence electrons. The Labute approximate surface area is 109 Å². The van der Waals surface area contributed by atoms with Gasteiger partial charge in [-0.1, -0.05) is 6.07 Å². The average Bonchev–Trinajstić information content (AvgIpc) is 2.59. The van der Waals surface area contributed by atoms with Gasteiger partial charge in [0.1, 0.15) is 0 Å². The van der Waals surface area contributed by atoms with Crippen LogP contribution in [0.1, 0.15) is 0 Å². The fourth-order valence-electron chi connectivity index (χ4n) is 1.48. The van der Waals surface area contributed by atoms with Gasteiger partial charge in [0, 0.05) is 11.9 Å². The van der Waals surface area contributed by atoms with Gasteiger partial charge in [0.05, 0.1) is 10.8 Å². The van der Waals surface area contributed by atoms with Crippen molar-refractivity contribution >= 4 is 44.8 Å². The monoisotopic (exact) mass is 291 g/mol. The Bertz CT molecular complexity index is 558. The molecule has 0 spiro atoms. The van der Waals surface area contributed by atoms with E-state index >= 15 is 0 Å². The fourth-order valence-corrected chi connectivity index (χ4v) is 3.25. The van der Waals surface area contributed by atoms with E-state index in [9.17, 15) is 13.2 Å². The molecule has 0 aliphatic carbocycles. The molecule has 1 aliphatic heterocycles. The van der Waals surface area contributed by atoms with E-state index in [1.807, 2.05) is 0 Å². The van der Waals surface area contributed by atoms with E-state index in [0.717, 1.165) is 6.26 Å². The second-order valence-corrected chi connectivity index (χ2v) is 7.42. The molecule has 0 bridgehead atoms. The molecule has 2 rings (SSSR count). The number of sulfone groups is 1. The summed E-state index contributed by atoms with van der Waals surface area (Å²) in [6, 6.07) is 6.31. The normalized spacial score (nSPS) is 20.9. The Morgan fingerprint density at radius 3 is 2.71 bits per heavy atom. The van der Waals surface area contributed by atoms with Crippen LogP contribution in [0.2, 0.25) is 0 Å². The van der Waals surface area contributed by atoms with Crippen molar-refractivity contribution in [3.63, 3.8) is 0 Å². The van der Waals surface area contributed by atoms with Gasteiger partial charge in [0.2, 0.25) is 0 Å². The lowest BCUT2D eigenvalue weighted by molar-refractivity contribution is -0.116. The molecule has 0 aromatic heterocycles. The number of benzene rings is 1. The molecule has 1 aliphatic rings. The van der Waals surface area contributed by atoms with E-state index in [1.54, 1.807) is 12.1 Å². The van der Waals surface area contributed by atoms with E-state index in [1.165, 1.54) is 28.8 Å². The number of thioether (sulfide) groups is 1. The Balaban J connectivity index is 2.38. The number of hydrogen-bond acceptors (Lipinski definition) is 4. The number of anilines is 1. The fraction of sp³-hybridized carbons (Fsp3) is 0.300. The molecule has 1 heterocycles. The summed E-state index contributed by atoms with van der Waals surface area (Å²) in [6.45, 7) is 0. The molecule has 1 saturated heterocycles. The zero-order valence-corrected chi connectivity index (χ0v) is 11.3. The first-order valence-electron chi connectivity index (χ1n) is 4.77. The standard InChI is InChI=1S/C10H10ClNO3S2/c1-17(14,15)8-4-2-3-7(5-8)12-6-16-9(11)10(12)13/h2-5,9H,6H2,1H3. The highest BCUT2D eigenvalue weighted by Gasteiger charge is 2.31. The smallest absolute Gasteiger partial charge is 0.256 e. The Morgan fingerprint density at radius 1 is 1.47 bits per heavy atom. The average molecular weight is 292 g/mol. The molecule has 1 amide bonds. The summed E-state index contributed by atoms with van der Waals surface area (Å²) in [5, 5.41) is 0. The summed E-state index contributed by atoms with van der Waals surface area (Å²) in [5.41, 5.74) is 0.563. The number of alkyl halides is 1. The maximum atomic E-state index is 11.7. The van der Waals surface area contributed by atoms with Gasteiger partial charge in [0.25, 0.3) is 5.91 Å². The summed E-state index contributed by atoms with van der Waals surface area (Å²) in [6.07, 6.45) is 1.14. The Morgan fingerprint density at radius 2 is 2.18 bits per heavy atom. The topological polar surface area (TPSA) is 54.5 Å². The number of carbonyl (C=O) groups excluding carboxylic acids is 1. The van der Waals surface area contributed by atoms with Crippen LogP contribution >= 0.6 is 23.4 Å². The highest BCUT2D eigenvalue weighted by Crippen LogP contribution is 2.32. The minimum Gasteiger partial charge on any atom is -0.301 e. The van der Waals surface area contributed by atoms with Crippen LogP contribution < -0.4 is 4.90 Å². The van der Waals surface area contributed by atoms with Gasteiger partial charge in [-0.05, 0) is 18.2 Å². The number of nitrogens with zero attached hydrogens (tertiary/aromatic N) is 1. The summed E-state index contributed by atoms with van der Waals surface area (Å²) in [7, 11) is -3.26. The third-order valence-corrected chi connectivity index (χ3v) is 4.94. The zero-order valence-electron chi connectivity index (χ0n) is 8.96. The van der Waals surface area contributed by atoms with Gasteiger partial charge in [-0.2, -0.15) is 0 Å². The van der Waals surface area contributed by atoms with Crippen LogP contribution in [0.25, 0.3) is 0 Å². The quantitative estimate of drug-likeness (QED) is 0.778. The molecule has 1 atom stereocenters. The third kappa shape index (κ3) is 2.59. The zero-order chi connectivity index (χ0) is 12.6. The van der Waals surface area contributed by atoms with Crippen LogP contribution in [-0.2, 0) is 14.6 Å². The van der Waals surface area contributed by atoms with Crippen molar-refractivity contribution in [2.24, 2.45) is 0 Å². The first kappa shape index (κ1) is 12.7. The van der Waals surface area contributed by atoms with Crippen LogP contribution in [0.15, 0.2) is 29.2 Å². The number of rotatable bonds is 2. The van der Waals surface area contributed by atoms with Crippen molar-refractivity contribution in [3.8, 4) is 0 Å². The number of hydrogen-bond donors (Lipinski definition) is 0. The lowest BCUT2D eigenvalue weighted by atomic mass is 10.3. The van der Waals surface area contributed by atoms with Gasteiger partial charge < -0.3 is 4.90 Å². The minimum absolute atomic E-state index is 0.200. The van der Waals surface area contributed by atoms with Crippen LogP contribution in [0, 0.1) is 0 Å². The molecule has 17 heavy (non-hydrogen) atoms. The van der Waals surface area contributed by atoms with Crippen LogP contribution in [-0.4, -0.2) is 31.2 Å². The van der Waals surface area contributed by atoms with Crippen molar-refractivity contribution in [2.75, 3.05) is 17.0 Å². The van der Waals surface area contributed by atoms with Crippen LogP contribution in [0.4, 0.5) is 5.69 Å². The summed E-state index contributed by atoms with van der Waals surface area (Å²) in [4.78, 5) is 13.4. The number of halogens is 1. The second kappa shape index (κ2) is 4.51. The van der Waals surface area contributed by atoms with Gasteiger partial charge in [0.15, 0.2) is 14.5 Å². The van der Waals surface area contributed by atoms with Gasteiger partial charge in [-0.15, -0.1) is 23.4 Å². The molecular formula is C10H10ClNO3S2. The molecule has 1 fully saturated rings. The third-order valence-electron chi connectivity index (χ3n) is 2.37. The predicted molar refractivity (Wildman–Crippen MR) is 69.1 cm³/mol. The molecule has 1 aromatic carbocycles. The molecule has 4 nitrogen and oxygen atoms in total. The second-order valence-electron chi connectivity index (χ2n) is 3.65. The SMILES string of the molecule is CS(=O)(=O)c1cccc(N2CSC(Cl)C2=O)c1. The predicted octanol–water partition coefficient (Wildman–Crippen LogP) is 1.69. The lowest BCUT2D eigenvalue weighted by Crippen LogP contribution is -2.27. The van der Waals surface area contributed by atoms with Gasteiger partial charge in [-0.25, -0.2) is 8.42 Å². The van der Waals surface area contributed by atoms with Gasteiger partial charge in [-0.3, -0.25) is 4.79 Å². The summed E-state index contributed by atoms with van der Waals surface area (Å²) >= 11 is 7.10. The number of carbonyl (C=O) groups is 1. The molecule has 1 unspecified atom stereocenters. The van der Waals surface area contributed by atoms with Crippen molar-refractivity contribution in [3.05, 3.63) is 24.3 Å². The summed E-state index contributed by atoms with van der Waals surface area (Å²) < 4.78 is 22.2. The highest BCUT2D eigenvalue weighted by molar-refractivity contribution is 8.02. The van der Waals surface area contributed by atoms with Gasteiger partial charge >= 0.3 is 0 Å². The van der Waals surface area contributed by atoms with Crippen molar-refractivity contribution in [1.82, 2.24) is 0 Å². The van der Waals surface area contributed by atoms with E-state index < -0.39 is 14.5 Å². The molecule has 0 saturated carbocycles. The molecule has 0 radical (unpaired) electrons. The maximum absolute atomic E-state index is 11.7. The molecule has 0 N–H and O–H groups in total. The first-order valence-corrected chi connectivity index (χ1v) is 8.14.